The SMILES string of the molecule is CNC1C(C)C2c3cc(OC)ccc3CC12. The van der Waals surface area contributed by atoms with E-state index in [0.717, 1.165) is 23.5 Å². The molecule has 16 heavy (non-hydrogen) atoms. The Balaban J connectivity index is 1.95. The predicted octanol–water partition coefficient (Wildman–Crippen LogP) is 2.19. The van der Waals surface area contributed by atoms with E-state index >= 15 is 0 Å². The van der Waals surface area contributed by atoms with Crippen molar-refractivity contribution < 1.29 is 4.74 Å². The van der Waals surface area contributed by atoms with Gasteiger partial charge >= 0.3 is 0 Å². The molecule has 0 radical (unpaired) electrons. The molecule has 1 saturated carbocycles. The Hall–Kier alpha value is -1.02. The lowest BCUT2D eigenvalue weighted by atomic mass is 9.62. The van der Waals surface area contributed by atoms with Gasteiger partial charge in [-0.25, -0.2) is 0 Å². The molecule has 1 aromatic carbocycles. The molecule has 3 rings (SSSR count). The number of ether oxygens (including phenoxy) is 1. The summed E-state index contributed by atoms with van der Waals surface area (Å²) in [5, 5.41) is 3.45. The van der Waals surface area contributed by atoms with Crippen molar-refractivity contribution in [1.29, 1.82) is 0 Å². The molecule has 0 aliphatic heterocycles. The first-order chi connectivity index (χ1) is 7.76. The van der Waals surface area contributed by atoms with Crippen LogP contribution in [0, 0.1) is 11.8 Å². The average molecular weight is 217 g/mol. The lowest BCUT2D eigenvalue weighted by Gasteiger charge is -2.47. The van der Waals surface area contributed by atoms with Gasteiger partial charge in [0.2, 0.25) is 0 Å². The zero-order valence-electron chi connectivity index (χ0n) is 10.2. The van der Waals surface area contributed by atoms with Crippen LogP contribution in [0.25, 0.3) is 0 Å². The molecule has 0 aromatic heterocycles. The second-order valence-corrected chi connectivity index (χ2v) is 5.13. The summed E-state index contributed by atoms with van der Waals surface area (Å²) in [6, 6.07) is 7.26. The van der Waals surface area contributed by atoms with Gasteiger partial charge in [-0.1, -0.05) is 13.0 Å². The summed E-state index contributed by atoms with van der Waals surface area (Å²) < 4.78 is 5.32. The fourth-order valence-electron chi connectivity index (χ4n) is 3.78. The Kier molecular flexibility index (Phi) is 2.21. The largest absolute Gasteiger partial charge is 0.497 e. The van der Waals surface area contributed by atoms with Crippen LogP contribution in [0.5, 0.6) is 5.75 Å². The van der Waals surface area contributed by atoms with Crippen LogP contribution in [0.1, 0.15) is 24.0 Å². The van der Waals surface area contributed by atoms with Gasteiger partial charge in [-0.15, -0.1) is 0 Å². The molecular weight excluding hydrogens is 198 g/mol. The third kappa shape index (κ3) is 1.17. The van der Waals surface area contributed by atoms with Gasteiger partial charge in [-0.3, -0.25) is 0 Å². The molecule has 4 unspecified atom stereocenters. The van der Waals surface area contributed by atoms with Crippen molar-refractivity contribution in [2.45, 2.75) is 25.3 Å². The van der Waals surface area contributed by atoms with Crippen LogP contribution in [0.4, 0.5) is 0 Å². The van der Waals surface area contributed by atoms with Crippen LogP contribution in [0.15, 0.2) is 18.2 Å². The van der Waals surface area contributed by atoms with E-state index in [9.17, 15) is 0 Å². The minimum absolute atomic E-state index is 0.698. The predicted molar refractivity (Wildman–Crippen MR) is 64.9 cm³/mol. The van der Waals surface area contributed by atoms with Crippen molar-refractivity contribution in [2.75, 3.05) is 14.2 Å². The third-order valence-electron chi connectivity index (χ3n) is 4.56. The zero-order valence-corrected chi connectivity index (χ0v) is 10.2. The maximum absolute atomic E-state index is 5.32. The van der Waals surface area contributed by atoms with E-state index in [1.165, 1.54) is 17.5 Å². The monoisotopic (exact) mass is 217 g/mol. The molecule has 2 nitrogen and oxygen atoms in total. The highest BCUT2D eigenvalue weighted by atomic mass is 16.5. The normalized spacial score (nSPS) is 35.2. The maximum atomic E-state index is 5.32. The van der Waals surface area contributed by atoms with Crippen molar-refractivity contribution in [3.63, 3.8) is 0 Å². The zero-order chi connectivity index (χ0) is 11.3. The summed E-state index contributed by atoms with van der Waals surface area (Å²) in [6.07, 6.45) is 1.24. The number of rotatable bonds is 2. The minimum atomic E-state index is 0.698. The Morgan fingerprint density at radius 3 is 2.88 bits per heavy atom. The van der Waals surface area contributed by atoms with Crippen molar-refractivity contribution in [1.82, 2.24) is 5.32 Å². The van der Waals surface area contributed by atoms with Gasteiger partial charge in [0, 0.05) is 6.04 Å². The van der Waals surface area contributed by atoms with Gasteiger partial charge in [0.1, 0.15) is 5.75 Å². The van der Waals surface area contributed by atoms with Gasteiger partial charge in [-0.05, 0) is 54.5 Å². The molecule has 2 aliphatic rings. The highest BCUT2D eigenvalue weighted by Crippen LogP contribution is 2.55. The Morgan fingerprint density at radius 1 is 1.38 bits per heavy atom. The lowest BCUT2D eigenvalue weighted by Crippen LogP contribution is -2.53. The number of fused-ring (bicyclic) bond motifs is 3. The van der Waals surface area contributed by atoms with Crippen LogP contribution >= 0.6 is 0 Å². The quantitative estimate of drug-likeness (QED) is 0.820. The van der Waals surface area contributed by atoms with Crippen molar-refractivity contribution in [3.05, 3.63) is 29.3 Å². The van der Waals surface area contributed by atoms with E-state index in [4.69, 9.17) is 4.74 Å². The molecule has 2 aliphatic carbocycles. The van der Waals surface area contributed by atoms with Gasteiger partial charge in [0.25, 0.3) is 0 Å². The van der Waals surface area contributed by atoms with Crippen LogP contribution in [-0.4, -0.2) is 20.2 Å². The first-order valence-electron chi connectivity index (χ1n) is 6.10. The molecule has 1 fully saturated rings. The molecule has 1 aromatic rings. The molecule has 86 valence electrons. The summed E-state index contributed by atoms with van der Waals surface area (Å²) in [5.74, 6) is 3.31. The molecule has 0 spiro atoms. The van der Waals surface area contributed by atoms with Crippen molar-refractivity contribution in [2.24, 2.45) is 11.8 Å². The molecule has 0 saturated heterocycles. The van der Waals surface area contributed by atoms with Crippen LogP contribution < -0.4 is 10.1 Å². The lowest BCUT2D eigenvalue weighted by molar-refractivity contribution is 0.104. The first-order valence-corrected chi connectivity index (χ1v) is 6.10. The smallest absolute Gasteiger partial charge is 0.119 e. The fraction of sp³-hybridized carbons (Fsp3) is 0.571. The summed E-state index contributed by atoms with van der Waals surface area (Å²) >= 11 is 0. The van der Waals surface area contributed by atoms with Crippen LogP contribution in [0.2, 0.25) is 0 Å². The molecule has 1 N–H and O–H groups in total. The molecule has 0 bridgehead atoms. The highest BCUT2D eigenvalue weighted by molar-refractivity contribution is 5.45. The van der Waals surface area contributed by atoms with Crippen LogP contribution in [0.3, 0.4) is 0 Å². The molecule has 2 heteroatoms. The second-order valence-electron chi connectivity index (χ2n) is 5.13. The van der Waals surface area contributed by atoms with E-state index < -0.39 is 0 Å². The van der Waals surface area contributed by atoms with E-state index in [-0.39, 0.29) is 0 Å². The minimum Gasteiger partial charge on any atom is -0.497 e. The van der Waals surface area contributed by atoms with E-state index in [2.05, 4.69) is 37.5 Å². The summed E-state index contributed by atoms with van der Waals surface area (Å²) in [6.45, 7) is 2.36. The Bertz CT molecular complexity index is 415. The maximum Gasteiger partial charge on any atom is 0.119 e. The number of methoxy groups -OCH3 is 1. The van der Waals surface area contributed by atoms with Crippen molar-refractivity contribution in [3.8, 4) is 5.75 Å². The third-order valence-corrected chi connectivity index (χ3v) is 4.56. The second kappa shape index (κ2) is 3.49. The summed E-state index contributed by atoms with van der Waals surface area (Å²) in [5.41, 5.74) is 3.06. The van der Waals surface area contributed by atoms with Gasteiger partial charge < -0.3 is 10.1 Å². The Morgan fingerprint density at radius 2 is 2.19 bits per heavy atom. The van der Waals surface area contributed by atoms with Crippen LogP contribution in [-0.2, 0) is 6.42 Å². The summed E-state index contributed by atoms with van der Waals surface area (Å²) in [7, 11) is 3.83. The van der Waals surface area contributed by atoms with E-state index in [0.29, 0.717) is 6.04 Å². The number of hydrogen-bond donors (Lipinski definition) is 1. The van der Waals surface area contributed by atoms with Gasteiger partial charge in [0.15, 0.2) is 0 Å². The first kappa shape index (κ1) is 10.2. The molecule has 0 amide bonds. The van der Waals surface area contributed by atoms with E-state index in [1.54, 1.807) is 7.11 Å². The number of hydrogen-bond acceptors (Lipinski definition) is 2. The topological polar surface area (TPSA) is 21.3 Å². The molecule has 0 heterocycles. The number of benzene rings is 1. The molecular formula is C14H19NO. The standard InChI is InChI=1S/C14H19NO/c1-8-13-11-7-10(16-3)5-4-9(11)6-12(13)14(8)15-2/h4-5,7-8,12-15H,6H2,1-3H3. The number of nitrogens with one attached hydrogen (secondary N) is 1. The van der Waals surface area contributed by atoms with Gasteiger partial charge in [-0.2, -0.15) is 0 Å². The molecule has 4 atom stereocenters. The van der Waals surface area contributed by atoms with Crippen molar-refractivity contribution >= 4 is 0 Å². The Labute approximate surface area is 97.0 Å². The van der Waals surface area contributed by atoms with Gasteiger partial charge in [0.05, 0.1) is 7.11 Å². The highest BCUT2D eigenvalue weighted by Gasteiger charge is 2.51. The summed E-state index contributed by atoms with van der Waals surface area (Å²) in [4.78, 5) is 0. The van der Waals surface area contributed by atoms with E-state index in [1.807, 2.05) is 0 Å². The average Bonchev–Trinajstić information content (AvgIpc) is 2.62. The fourth-order valence-corrected chi connectivity index (χ4v) is 3.78.